The number of hydrogen-bond acceptors (Lipinski definition) is 6. The van der Waals surface area contributed by atoms with Crippen molar-refractivity contribution in [1.82, 2.24) is 15.6 Å². The minimum Gasteiger partial charge on any atom is -0.469 e. The van der Waals surface area contributed by atoms with E-state index in [1.54, 1.807) is 6.07 Å². The molecule has 0 fully saturated rings. The monoisotopic (exact) mass is 725 g/mol. The van der Waals surface area contributed by atoms with E-state index in [1.807, 2.05) is 36.4 Å². The predicted octanol–water partition coefficient (Wildman–Crippen LogP) is 7.31. The average molecular weight is 726 g/mol. The third-order valence-electron chi connectivity index (χ3n) is 10.4. The Hall–Kier alpha value is -4.21. The smallest absolute Gasteiger partial charge is 0.313 e. The maximum Gasteiger partial charge on any atom is 0.313 e. The Kier molecular flexibility index (Phi) is 12.9. The van der Waals surface area contributed by atoms with E-state index in [1.165, 1.54) is 18.2 Å². The summed E-state index contributed by atoms with van der Waals surface area (Å²) in [4.78, 5) is 45.8. The van der Waals surface area contributed by atoms with Crippen molar-refractivity contribution >= 4 is 39.5 Å². The van der Waals surface area contributed by atoms with Crippen LogP contribution in [0, 0.1) is 5.41 Å². The van der Waals surface area contributed by atoms with E-state index in [-0.39, 0.29) is 41.0 Å². The van der Waals surface area contributed by atoms with Crippen LogP contribution in [0.4, 0.5) is 0 Å². The van der Waals surface area contributed by atoms with Crippen LogP contribution in [0.3, 0.4) is 0 Å². The zero-order valence-electron chi connectivity index (χ0n) is 33.7. The number of amides is 2. The second kappa shape index (κ2) is 16.4. The lowest BCUT2D eigenvalue weighted by atomic mass is 9.77. The first-order valence-corrected chi connectivity index (χ1v) is 19.0. The molecule has 0 aliphatic rings. The van der Waals surface area contributed by atoms with E-state index in [0.717, 1.165) is 32.9 Å². The number of methoxy groups -OCH3 is 1. The second-order valence-corrected chi connectivity index (χ2v) is 17.7. The number of aromatic amines is 1. The van der Waals surface area contributed by atoms with Crippen molar-refractivity contribution in [1.29, 1.82) is 0 Å². The molecule has 0 saturated carbocycles. The Balaban J connectivity index is 1.87. The molecule has 9 nitrogen and oxygen atoms in total. The number of aromatic nitrogens is 1. The fourth-order valence-electron chi connectivity index (χ4n) is 7.31. The van der Waals surface area contributed by atoms with Crippen LogP contribution in [-0.4, -0.2) is 55.6 Å². The van der Waals surface area contributed by atoms with Gasteiger partial charge in [-0.1, -0.05) is 98.7 Å². The topological polar surface area (TPSA) is 152 Å². The van der Waals surface area contributed by atoms with Gasteiger partial charge in [-0.2, -0.15) is 0 Å². The SMILES string of the molecule is COC(=O)C(CCCN)(CCCN)CNC(=O)C(Cc1c(C(C)(C)C)[nH]c2cc(C(C)(C)C)cc(C(C)(C)C)c12)NC(=O)c1ccc2ccccc2c1. The standard InChI is InChI=1S/C44H63N5O4/c1-41(2,3)31-24-33(42(4,5)6)36-32(37(43(7,8)9)48-34(36)25-31)26-35(49-38(50)30-18-17-28-15-11-12-16-29(28)23-30)39(51)47-27-44(19-13-21-45,20-14-22-46)40(52)53-10/h11-12,15-18,23-25,35,48H,13-14,19-22,26-27,45-46H2,1-10H3,(H,47,51)(H,49,50). The molecule has 1 aromatic heterocycles. The van der Waals surface area contributed by atoms with E-state index in [0.29, 0.717) is 44.3 Å². The molecule has 0 aliphatic heterocycles. The molecule has 1 heterocycles. The van der Waals surface area contributed by atoms with Crippen LogP contribution in [0.1, 0.15) is 121 Å². The highest BCUT2D eigenvalue weighted by Crippen LogP contribution is 2.41. The first kappa shape index (κ1) is 41.5. The molecule has 53 heavy (non-hydrogen) atoms. The van der Waals surface area contributed by atoms with Crippen molar-refractivity contribution in [3.8, 4) is 0 Å². The molecule has 0 aliphatic carbocycles. The van der Waals surface area contributed by atoms with Gasteiger partial charge in [0.05, 0.1) is 12.5 Å². The minimum atomic E-state index is -1.00. The van der Waals surface area contributed by atoms with Gasteiger partial charge in [0.1, 0.15) is 6.04 Å². The normalized spacial score (nSPS) is 13.3. The Morgan fingerprint density at radius 1 is 0.792 bits per heavy atom. The van der Waals surface area contributed by atoms with Gasteiger partial charge in [0, 0.05) is 40.5 Å². The number of carbonyl (C=O) groups is 3. The summed E-state index contributed by atoms with van der Waals surface area (Å²) < 4.78 is 5.28. The average Bonchev–Trinajstić information content (AvgIpc) is 3.48. The molecular formula is C44H63N5O4. The summed E-state index contributed by atoms with van der Waals surface area (Å²) in [6.07, 6.45) is 2.26. The summed E-state index contributed by atoms with van der Waals surface area (Å²) >= 11 is 0. The van der Waals surface area contributed by atoms with Gasteiger partial charge in [0.2, 0.25) is 5.91 Å². The highest BCUT2D eigenvalue weighted by Gasteiger charge is 2.40. The maximum absolute atomic E-state index is 14.6. The van der Waals surface area contributed by atoms with Crippen LogP contribution in [0.2, 0.25) is 0 Å². The van der Waals surface area contributed by atoms with Crippen LogP contribution in [0.25, 0.3) is 21.7 Å². The zero-order chi connectivity index (χ0) is 39.4. The Labute approximate surface area is 316 Å². The van der Waals surface area contributed by atoms with Crippen molar-refractivity contribution < 1.29 is 19.1 Å². The first-order valence-electron chi connectivity index (χ1n) is 19.0. The Morgan fingerprint density at radius 3 is 1.96 bits per heavy atom. The summed E-state index contributed by atoms with van der Waals surface area (Å²) in [5.41, 5.74) is 16.0. The van der Waals surface area contributed by atoms with E-state index in [4.69, 9.17) is 16.2 Å². The molecule has 0 spiro atoms. The number of nitrogens with two attached hydrogens (primary N) is 2. The molecule has 1 atom stereocenters. The number of fused-ring (bicyclic) bond motifs is 2. The van der Waals surface area contributed by atoms with E-state index >= 15 is 0 Å². The summed E-state index contributed by atoms with van der Waals surface area (Å²) in [5, 5.41) is 9.23. The molecule has 9 heteroatoms. The molecule has 0 bridgehead atoms. The number of benzene rings is 3. The number of hydrogen-bond donors (Lipinski definition) is 5. The minimum absolute atomic E-state index is 0.0308. The molecule has 3 aromatic carbocycles. The van der Waals surface area contributed by atoms with Crippen LogP contribution < -0.4 is 22.1 Å². The number of nitrogens with one attached hydrogen (secondary N) is 3. The summed E-state index contributed by atoms with van der Waals surface area (Å²) in [6, 6.07) is 17.0. The molecule has 7 N–H and O–H groups in total. The lowest BCUT2D eigenvalue weighted by Crippen LogP contribution is -2.52. The lowest BCUT2D eigenvalue weighted by Gasteiger charge is -2.32. The van der Waals surface area contributed by atoms with Gasteiger partial charge in [-0.3, -0.25) is 14.4 Å². The highest BCUT2D eigenvalue weighted by molar-refractivity contribution is 6.01. The Morgan fingerprint density at radius 2 is 1.42 bits per heavy atom. The highest BCUT2D eigenvalue weighted by atomic mass is 16.5. The van der Waals surface area contributed by atoms with Gasteiger partial charge in [0.25, 0.3) is 5.91 Å². The quantitative estimate of drug-likeness (QED) is 0.0860. The van der Waals surface area contributed by atoms with Crippen molar-refractivity contribution in [2.45, 2.75) is 117 Å². The van der Waals surface area contributed by atoms with Gasteiger partial charge in [-0.15, -0.1) is 0 Å². The van der Waals surface area contributed by atoms with Gasteiger partial charge < -0.3 is 31.8 Å². The van der Waals surface area contributed by atoms with Crippen molar-refractivity contribution in [3.63, 3.8) is 0 Å². The number of ether oxygens (including phenoxy) is 1. The van der Waals surface area contributed by atoms with Crippen LogP contribution in [-0.2, 0) is 37.0 Å². The third kappa shape index (κ3) is 9.67. The van der Waals surface area contributed by atoms with Gasteiger partial charge >= 0.3 is 5.97 Å². The summed E-state index contributed by atoms with van der Waals surface area (Å²) in [6.45, 7) is 20.6. The summed E-state index contributed by atoms with van der Waals surface area (Å²) in [5.74, 6) is -1.15. The molecule has 1 unspecified atom stereocenters. The van der Waals surface area contributed by atoms with Crippen molar-refractivity contribution in [2.24, 2.45) is 16.9 Å². The molecule has 0 radical (unpaired) electrons. The van der Waals surface area contributed by atoms with E-state index in [9.17, 15) is 14.4 Å². The van der Waals surface area contributed by atoms with Crippen LogP contribution in [0.15, 0.2) is 54.6 Å². The number of H-pyrrole nitrogens is 1. The van der Waals surface area contributed by atoms with E-state index in [2.05, 4.69) is 90.1 Å². The summed E-state index contributed by atoms with van der Waals surface area (Å²) in [7, 11) is 1.36. The first-order chi connectivity index (χ1) is 24.8. The fraction of sp³-hybridized carbons (Fsp3) is 0.523. The van der Waals surface area contributed by atoms with Crippen molar-refractivity contribution in [3.05, 3.63) is 82.5 Å². The molecule has 0 saturated heterocycles. The maximum atomic E-state index is 14.6. The zero-order valence-corrected chi connectivity index (χ0v) is 33.7. The molecule has 4 rings (SSSR count). The molecule has 288 valence electrons. The third-order valence-corrected chi connectivity index (χ3v) is 10.4. The largest absolute Gasteiger partial charge is 0.469 e. The van der Waals surface area contributed by atoms with Crippen LogP contribution in [0.5, 0.6) is 0 Å². The number of esters is 1. The van der Waals surface area contributed by atoms with E-state index < -0.39 is 17.4 Å². The molecule has 2 amide bonds. The lowest BCUT2D eigenvalue weighted by molar-refractivity contribution is -0.154. The fourth-order valence-corrected chi connectivity index (χ4v) is 7.31. The second-order valence-electron chi connectivity index (χ2n) is 17.7. The molecule has 4 aromatic rings. The number of carbonyl (C=O) groups excluding carboxylic acids is 3. The number of rotatable bonds is 14. The van der Waals surface area contributed by atoms with Gasteiger partial charge in [-0.05, 0) is 95.3 Å². The molecular weight excluding hydrogens is 663 g/mol. The van der Waals surface area contributed by atoms with Gasteiger partial charge in [0.15, 0.2) is 0 Å². The van der Waals surface area contributed by atoms with Crippen LogP contribution >= 0.6 is 0 Å². The van der Waals surface area contributed by atoms with Gasteiger partial charge in [-0.25, -0.2) is 0 Å². The predicted molar refractivity (Wildman–Crippen MR) is 217 cm³/mol. The van der Waals surface area contributed by atoms with Crippen molar-refractivity contribution in [2.75, 3.05) is 26.7 Å². The Bertz CT molecular complexity index is 1910.